The van der Waals surface area contributed by atoms with E-state index in [1.807, 2.05) is 19.1 Å². The van der Waals surface area contributed by atoms with E-state index in [9.17, 15) is 0 Å². The van der Waals surface area contributed by atoms with Crippen LogP contribution in [-0.2, 0) is 6.54 Å². The van der Waals surface area contributed by atoms with Gasteiger partial charge in [0.1, 0.15) is 5.75 Å². The van der Waals surface area contributed by atoms with Gasteiger partial charge in [-0.15, -0.1) is 0 Å². The average Bonchev–Trinajstić information content (AvgIpc) is 2.36. The maximum atomic E-state index is 5.26. The summed E-state index contributed by atoms with van der Waals surface area (Å²) in [6.07, 6.45) is 0. The summed E-state index contributed by atoms with van der Waals surface area (Å²) in [5, 5.41) is 6.54. The predicted molar refractivity (Wildman–Crippen MR) is 80.8 cm³/mol. The highest BCUT2D eigenvalue weighted by atomic mass is 16.5. The van der Waals surface area contributed by atoms with Crippen molar-refractivity contribution in [2.75, 3.05) is 13.7 Å². The molecule has 4 nitrogen and oxygen atoms in total. The average molecular weight is 263 g/mol. The second-order valence-electron chi connectivity index (χ2n) is 4.80. The molecule has 0 radical (unpaired) electrons. The Bertz CT molecular complexity index is 427. The van der Waals surface area contributed by atoms with Gasteiger partial charge in [-0.3, -0.25) is 0 Å². The fraction of sp³-hybridized carbons (Fsp3) is 0.533. The third kappa shape index (κ3) is 5.20. The topological polar surface area (TPSA) is 45.7 Å². The van der Waals surface area contributed by atoms with Crippen LogP contribution in [0.1, 0.15) is 31.9 Å². The molecule has 0 aliphatic carbocycles. The van der Waals surface area contributed by atoms with Crippen LogP contribution in [0, 0.1) is 6.92 Å². The van der Waals surface area contributed by atoms with Gasteiger partial charge in [-0.05, 0) is 44.9 Å². The highest BCUT2D eigenvalue weighted by Crippen LogP contribution is 2.18. The Hall–Kier alpha value is -1.71. The second kappa shape index (κ2) is 7.67. The highest BCUT2D eigenvalue weighted by Gasteiger charge is 2.02. The number of hydrogen-bond donors (Lipinski definition) is 2. The van der Waals surface area contributed by atoms with E-state index in [0.717, 1.165) is 23.8 Å². The smallest absolute Gasteiger partial charge is 0.191 e. The Balaban J connectivity index is 2.73. The summed E-state index contributed by atoms with van der Waals surface area (Å²) in [6.45, 7) is 9.83. The van der Waals surface area contributed by atoms with Crippen molar-refractivity contribution < 1.29 is 4.74 Å². The Labute approximate surface area is 116 Å². The van der Waals surface area contributed by atoms with E-state index >= 15 is 0 Å². The molecular formula is C15H25N3O. The van der Waals surface area contributed by atoms with E-state index in [4.69, 9.17) is 4.74 Å². The molecule has 1 rings (SSSR count). The summed E-state index contributed by atoms with van der Waals surface area (Å²) in [7, 11) is 1.69. The minimum absolute atomic E-state index is 0.371. The van der Waals surface area contributed by atoms with Gasteiger partial charge in [0, 0.05) is 12.6 Å². The zero-order valence-corrected chi connectivity index (χ0v) is 12.6. The summed E-state index contributed by atoms with van der Waals surface area (Å²) in [4.78, 5) is 4.57. The molecule has 0 aliphatic rings. The van der Waals surface area contributed by atoms with Gasteiger partial charge in [0.25, 0.3) is 0 Å². The molecule has 4 heteroatoms. The number of benzene rings is 1. The molecule has 0 fully saturated rings. The van der Waals surface area contributed by atoms with Crippen LogP contribution < -0.4 is 15.4 Å². The molecule has 0 saturated carbocycles. The number of aliphatic imine (C=N–C) groups is 1. The number of aryl methyl sites for hydroxylation is 1. The lowest BCUT2D eigenvalue weighted by atomic mass is 10.1. The number of nitrogens with one attached hydrogen (secondary N) is 2. The van der Waals surface area contributed by atoms with Crippen molar-refractivity contribution in [2.24, 2.45) is 4.99 Å². The first kappa shape index (κ1) is 15.3. The molecule has 106 valence electrons. The minimum Gasteiger partial charge on any atom is -0.496 e. The Kier molecular flexibility index (Phi) is 6.19. The molecule has 0 amide bonds. The van der Waals surface area contributed by atoms with Gasteiger partial charge in [0.2, 0.25) is 0 Å². The van der Waals surface area contributed by atoms with Crippen LogP contribution in [0.5, 0.6) is 5.75 Å². The van der Waals surface area contributed by atoms with Crippen molar-refractivity contribution >= 4 is 5.96 Å². The molecule has 1 aromatic carbocycles. The standard InChI is InChI=1S/C15H25N3O/c1-6-16-15(18-11(2)3)17-10-13-7-8-14(19-5)12(4)9-13/h7-9,11H,6,10H2,1-5H3,(H2,16,17,18). The summed E-state index contributed by atoms with van der Waals surface area (Å²) in [6, 6.07) is 6.52. The van der Waals surface area contributed by atoms with Crippen LogP contribution in [-0.4, -0.2) is 25.7 Å². The van der Waals surface area contributed by atoms with Crippen molar-refractivity contribution in [3.05, 3.63) is 29.3 Å². The molecule has 0 aliphatic heterocycles. The number of methoxy groups -OCH3 is 1. The summed E-state index contributed by atoms with van der Waals surface area (Å²) >= 11 is 0. The van der Waals surface area contributed by atoms with Gasteiger partial charge in [-0.1, -0.05) is 12.1 Å². The first-order valence-corrected chi connectivity index (χ1v) is 6.75. The van der Waals surface area contributed by atoms with Crippen molar-refractivity contribution in [1.82, 2.24) is 10.6 Å². The van der Waals surface area contributed by atoms with Crippen molar-refractivity contribution in [1.29, 1.82) is 0 Å². The first-order valence-electron chi connectivity index (χ1n) is 6.75. The van der Waals surface area contributed by atoms with Crippen LogP contribution in [0.4, 0.5) is 0 Å². The van der Waals surface area contributed by atoms with E-state index in [1.54, 1.807) is 7.11 Å². The summed E-state index contributed by atoms with van der Waals surface area (Å²) in [5.74, 6) is 1.77. The van der Waals surface area contributed by atoms with Crippen molar-refractivity contribution in [2.45, 2.75) is 40.3 Å². The predicted octanol–water partition coefficient (Wildman–Crippen LogP) is 2.47. The number of nitrogens with zero attached hydrogens (tertiary/aromatic N) is 1. The highest BCUT2D eigenvalue weighted by molar-refractivity contribution is 5.79. The maximum Gasteiger partial charge on any atom is 0.191 e. The first-order chi connectivity index (χ1) is 9.06. The van der Waals surface area contributed by atoms with Crippen LogP contribution in [0.2, 0.25) is 0 Å². The van der Waals surface area contributed by atoms with E-state index in [2.05, 4.69) is 42.5 Å². The van der Waals surface area contributed by atoms with Crippen molar-refractivity contribution in [3.8, 4) is 5.75 Å². The van der Waals surface area contributed by atoms with Crippen LogP contribution in [0.15, 0.2) is 23.2 Å². The molecule has 0 heterocycles. The van der Waals surface area contributed by atoms with Gasteiger partial charge in [0.05, 0.1) is 13.7 Å². The molecule has 0 unspecified atom stereocenters. The zero-order chi connectivity index (χ0) is 14.3. The second-order valence-corrected chi connectivity index (χ2v) is 4.80. The summed E-state index contributed by atoms with van der Waals surface area (Å²) in [5.41, 5.74) is 2.32. The molecule has 2 N–H and O–H groups in total. The SMILES string of the molecule is CCNC(=NCc1ccc(OC)c(C)c1)NC(C)C. The third-order valence-corrected chi connectivity index (χ3v) is 2.65. The van der Waals surface area contributed by atoms with Gasteiger partial charge < -0.3 is 15.4 Å². The Morgan fingerprint density at radius 1 is 1.37 bits per heavy atom. The molecule has 0 saturated heterocycles. The lowest BCUT2D eigenvalue weighted by Gasteiger charge is -2.14. The van der Waals surface area contributed by atoms with E-state index in [1.165, 1.54) is 5.56 Å². The van der Waals surface area contributed by atoms with Gasteiger partial charge >= 0.3 is 0 Å². The summed E-state index contributed by atoms with van der Waals surface area (Å²) < 4.78 is 5.26. The monoisotopic (exact) mass is 263 g/mol. The number of hydrogen-bond acceptors (Lipinski definition) is 2. The lowest BCUT2D eigenvalue weighted by molar-refractivity contribution is 0.411. The molecule has 1 aromatic rings. The third-order valence-electron chi connectivity index (χ3n) is 2.65. The van der Waals surface area contributed by atoms with Gasteiger partial charge in [0.15, 0.2) is 5.96 Å². The largest absolute Gasteiger partial charge is 0.496 e. The minimum atomic E-state index is 0.371. The fourth-order valence-corrected chi connectivity index (χ4v) is 1.80. The zero-order valence-electron chi connectivity index (χ0n) is 12.6. The fourth-order valence-electron chi connectivity index (χ4n) is 1.80. The maximum absolute atomic E-state index is 5.26. The van der Waals surface area contributed by atoms with Crippen molar-refractivity contribution in [3.63, 3.8) is 0 Å². The molecular weight excluding hydrogens is 238 g/mol. The number of ether oxygens (including phenoxy) is 1. The molecule has 0 bridgehead atoms. The van der Waals surface area contributed by atoms with Crippen LogP contribution >= 0.6 is 0 Å². The van der Waals surface area contributed by atoms with Crippen LogP contribution in [0.3, 0.4) is 0 Å². The van der Waals surface area contributed by atoms with E-state index in [0.29, 0.717) is 12.6 Å². The van der Waals surface area contributed by atoms with Crippen LogP contribution in [0.25, 0.3) is 0 Å². The molecule has 19 heavy (non-hydrogen) atoms. The van der Waals surface area contributed by atoms with E-state index in [-0.39, 0.29) is 0 Å². The quantitative estimate of drug-likeness (QED) is 0.633. The molecule has 0 aromatic heterocycles. The normalized spacial score (nSPS) is 11.6. The Morgan fingerprint density at radius 2 is 2.11 bits per heavy atom. The lowest BCUT2D eigenvalue weighted by Crippen LogP contribution is -2.40. The van der Waals surface area contributed by atoms with Gasteiger partial charge in [-0.2, -0.15) is 0 Å². The van der Waals surface area contributed by atoms with Gasteiger partial charge in [-0.25, -0.2) is 4.99 Å². The van der Waals surface area contributed by atoms with E-state index < -0.39 is 0 Å². The molecule has 0 atom stereocenters. The number of guanidine groups is 1. The number of rotatable bonds is 5. The Morgan fingerprint density at radius 3 is 2.63 bits per heavy atom. The molecule has 0 spiro atoms.